The number of nitrogens with one attached hydrogen (secondary N) is 1. The molecular formula is C11H14FN3O. The van der Waals surface area contributed by atoms with Gasteiger partial charge in [0.25, 0.3) is 0 Å². The maximum atomic E-state index is 12.6. The van der Waals surface area contributed by atoms with E-state index in [2.05, 4.69) is 15.3 Å². The highest BCUT2D eigenvalue weighted by Crippen LogP contribution is 2.39. The number of rotatable bonds is 3. The fourth-order valence-corrected chi connectivity index (χ4v) is 2.21. The standard InChI is InChI=1S/C11H14FN3O/c12-8-5-13-11(14-6-8)15-9-3-4-16-10(9)7-1-2-7/h5-7,9-10H,1-4H2,(H,13,14,15). The molecule has 0 spiro atoms. The Labute approximate surface area is 93.2 Å². The Morgan fingerprint density at radius 3 is 2.69 bits per heavy atom. The van der Waals surface area contributed by atoms with Gasteiger partial charge in [0.05, 0.1) is 24.5 Å². The lowest BCUT2D eigenvalue weighted by Gasteiger charge is -2.19. The van der Waals surface area contributed by atoms with Gasteiger partial charge in [-0.05, 0) is 25.2 Å². The molecule has 1 saturated carbocycles. The Hall–Kier alpha value is -1.23. The number of halogens is 1. The van der Waals surface area contributed by atoms with Crippen LogP contribution in [0.1, 0.15) is 19.3 Å². The van der Waals surface area contributed by atoms with E-state index in [1.165, 1.54) is 25.2 Å². The zero-order valence-electron chi connectivity index (χ0n) is 8.90. The molecule has 2 heterocycles. The summed E-state index contributed by atoms with van der Waals surface area (Å²) in [6.07, 6.45) is 6.13. The van der Waals surface area contributed by atoms with Crippen molar-refractivity contribution in [3.05, 3.63) is 18.2 Å². The molecular weight excluding hydrogens is 209 g/mol. The SMILES string of the molecule is Fc1cnc(NC2CCOC2C2CC2)nc1. The van der Waals surface area contributed by atoms with Crippen molar-refractivity contribution in [3.63, 3.8) is 0 Å². The van der Waals surface area contributed by atoms with Crippen LogP contribution in [-0.2, 0) is 4.74 Å². The van der Waals surface area contributed by atoms with Crippen LogP contribution >= 0.6 is 0 Å². The molecule has 2 aliphatic rings. The van der Waals surface area contributed by atoms with Gasteiger partial charge in [-0.3, -0.25) is 0 Å². The number of nitrogens with zero attached hydrogens (tertiary/aromatic N) is 2. The fraction of sp³-hybridized carbons (Fsp3) is 0.636. The van der Waals surface area contributed by atoms with Crippen molar-refractivity contribution < 1.29 is 9.13 Å². The first kappa shape index (κ1) is 9.96. The third kappa shape index (κ3) is 2.00. The summed E-state index contributed by atoms with van der Waals surface area (Å²) in [5, 5.41) is 3.23. The van der Waals surface area contributed by atoms with E-state index in [4.69, 9.17) is 4.74 Å². The maximum absolute atomic E-state index is 12.6. The first-order valence-electron chi connectivity index (χ1n) is 5.68. The average molecular weight is 223 g/mol. The maximum Gasteiger partial charge on any atom is 0.223 e. The zero-order valence-corrected chi connectivity index (χ0v) is 8.90. The van der Waals surface area contributed by atoms with Gasteiger partial charge < -0.3 is 10.1 Å². The van der Waals surface area contributed by atoms with Crippen molar-refractivity contribution in [1.82, 2.24) is 9.97 Å². The van der Waals surface area contributed by atoms with Crippen molar-refractivity contribution in [2.45, 2.75) is 31.4 Å². The summed E-state index contributed by atoms with van der Waals surface area (Å²) in [5.74, 6) is 0.773. The minimum absolute atomic E-state index is 0.276. The Kier molecular flexibility index (Phi) is 2.47. The van der Waals surface area contributed by atoms with Gasteiger partial charge in [0.15, 0.2) is 5.82 Å². The lowest BCUT2D eigenvalue weighted by Crippen LogP contribution is -2.31. The molecule has 2 unspecified atom stereocenters. The molecule has 1 aromatic heterocycles. The number of hydrogen-bond donors (Lipinski definition) is 1. The van der Waals surface area contributed by atoms with Crippen molar-refractivity contribution in [2.24, 2.45) is 5.92 Å². The van der Waals surface area contributed by atoms with Gasteiger partial charge in [-0.2, -0.15) is 0 Å². The predicted molar refractivity (Wildman–Crippen MR) is 56.5 cm³/mol. The Bertz CT molecular complexity index is 366. The second-order valence-electron chi connectivity index (χ2n) is 4.44. The zero-order chi connectivity index (χ0) is 11.0. The summed E-state index contributed by atoms with van der Waals surface area (Å²) in [5.41, 5.74) is 0. The van der Waals surface area contributed by atoms with Gasteiger partial charge in [0.2, 0.25) is 5.95 Å². The molecule has 4 nitrogen and oxygen atoms in total. The predicted octanol–water partition coefficient (Wildman–Crippen LogP) is 1.60. The second kappa shape index (κ2) is 3.97. The molecule has 0 aromatic carbocycles. The van der Waals surface area contributed by atoms with Crippen molar-refractivity contribution >= 4 is 5.95 Å². The minimum Gasteiger partial charge on any atom is -0.376 e. The second-order valence-corrected chi connectivity index (χ2v) is 4.44. The molecule has 1 saturated heterocycles. The highest BCUT2D eigenvalue weighted by atomic mass is 19.1. The van der Waals surface area contributed by atoms with Gasteiger partial charge in [-0.1, -0.05) is 0 Å². The van der Waals surface area contributed by atoms with Gasteiger partial charge in [0, 0.05) is 6.61 Å². The van der Waals surface area contributed by atoms with E-state index in [1.54, 1.807) is 0 Å². The van der Waals surface area contributed by atoms with Gasteiger partial charge in [-0.15, -0.1) is 0 Å². The summed E-state index contributed by atoms with van der Waals surface area (Å²) in [6, 6.07) is 0.276. The molecule has 1 aromatic rings. The fourth-order valence-electron chi connectivity index (χ4n) is 2.21. The summed E-state index contributed by atoms with van der Waals surface area (Å²) in [6.45, 7) is 0.792. The molecule has 86 valence electrons. The van der Waals surface area contributed by atoms with Gasteiger partial charge in [-0.25, -0.2) is 14.4 Å². The van der Waals surface area contributed by atoms with Crippen LogP contribution in [0.25, 0.3) is 0 Å². The van der Waals surface area contributed by atoms with Crippen LogP contribution < -0.4 is 5.32 Å². The van der Waals surface area contributed by atoms with E-state index < -0.39 is 5.82 Å². The largest absolute Gasteiger partial charge is 0.376 e. The number of anilines is 1. The minimum atomic E-state index is -0.410. The lowest BCUT2D eigenvalue weighted by molar-refractivity contribution is 0.0897. The summed E-state index contributed by atoms with van der Waals surface area (Å²) in [7, 11) is 0. The van der Waals surface area contributed by atoms with Crippen LogP contribution in [0.15, 0.2) is 12.4 Å². The number of hydrogen-bond acceptors (Lipinski definition) is 4. The van der Waals surface area contributed by atoms with Crippen molar-refractivity contribution in [2.75, 3.05) is 11.9 Å². The molecule has 1 N–H and O–H groups in total. The highest BCUT2D eigenvalue weighted by Gasteiger charge is 2.40. The Morgan fingerprint density at radius 2 is 2.00 bits per heavy atom. The van der Waals surface area contributed by atoms with Crippen LogP contribution in [0, 0.1) is 11.7 Å². The normalized spacial score (nSPS) is 29.3. The first-order valence-corrected chi connectivity index (χ1v) is 5.68. The summed E-state index contributed by atoms with van der Waals surface area (Å²) in [4.78, 5) is 7.81. The number of aromatic nitrogens is 2. The molecule has 0 amide bonds. The lowest BCUT2D eigenvalue weighted by atomic mass is 10.1. The topological polar surface area (TPSA) is 47.0 Å². The van der Waals surface area contributed by atoms with Crippen LogP contribution in [0.2, 0.25) is 0 Å². The van der Waals surface area contributed by atoms with E-state index >= 15 is 0 Å². The third-order valence-corrected chi connectivity index (χ3v) is 3.16. The third-order valence-electron chi connectivity index (χ3n) is 3.16. The Morgan fingerprint density at radius 1 is 1.25 bits per heavy atom. The van der Waals surface area contributed by atoms with E-state index in [9.17, 15) is 4.39 Å². The van der Waals surface area contributed by atoms with Gasteiger partial charge >= 0.3 is 0 Å². The quantitative estimate of drug-likeness (QED) is 0.845. The van der Waals surface area contributed by atoms with Crippen molar-refractivity contribution in [3.8, 4) is 0 Å². The molecule has 5 heteroatoms. The van der Waals surface area contributed by atoms with Crippen LogP contribution in [-0.4, -0.2) is 28.7 Å². The van der Waals surface area contributed by atoms with E-state index in [1.807, 2.05) is 0 Å². The smallest absolute Gasteiger partial charge is 0.223 e. The summed E-state index contributed by atoms with van der Waals surface area (Å²) >= 11 is 0. The molecule has 1 aliphatic carbocycles. The van der Waals surface area contributed by atoms with Gasteiger partial charge in [0.1, 0.15) is 0 Å². The monoisotopic (exact) mass is 223 g/mol. The number of ether oxygens (including phenoxy) is 1. The Balaban J connectivity index is 1.66. The van der Waals surface area contributed by atoms with Crippen LogP contribution in [0.5, 0.6) is 0 Å². The molecule has 0 bridgehead atoms. The summed E-state index contributed by atoms with van der Waals surface area (Å²) < 4.78 is 18.3. The van der Waals surface area contributed by atoms with E-state index in [0.717, 1.165) is 13.0 Å². The first-order chi connectivity index (χ1) is 7.83. The van der Waals surface area contributed by atoms with Crippen molar-refractivity contribution in [1.29, 1.82) is 0 Å². The molecule has 3 rings (SSSR count). The van der Waals surface area contributed by atoms with E-state index in [0.29, 0.717) is 11.9 Å². The molecule has 2 fully saturated rings. The van der Waals surface area contributed by atoms with Crippen LogP contribution in [0.3, 0.4) is 0 Å². The molecule has 1 aliphatic heterocycles. The van der Waals surface area contributed by atoms with E-state index in [-0.39, 0.29) is 12.1 Å². The molecule has 2 atom stereocenters. The highest BCUT2D eigenvalue weighted by molar-refractivity contribution is 5.26. The average Bonchev–Trinajstić information content (AvgIpc) is 3.03. The molecule has 16 heavy (non-hydrogen) atoms. The molecule has 0 radical (unpaired) electrons. The van der Waals surface area contributed by atoms with Crippen LogP contribution in [0.4, 0.5) is 10.3 Å².